The summed E-state index contributed by atoms with van der Waals surface area (Å²) in [6.07, 6.45) is 38.8. The minimum absolute atomic E-state index is 0. The summed E-state index contributed by atoms with van der Waals surface area (Å²) in [5, 5.41) is 16.8. The monoisotopic (exact) mass is 2110 g/mol. The van der Waals surface area contributed by atoms with Gasteiger partial charge in [-0.05, 0) is 269 Å². The molecular weight excluding hydrogens is 1930 g/mol. The quantitative estimate of drug-likeness (QED) is 0.0279. The number of carbonyl (C=O) groups is 12. The number of fused-ring (bicyclic) bond motifs is 4. The molecule has 0 aromatic heterocycles. The van der Waals surface area contributed by atoms with E-state index in [0.29, 0.717) is 142 Å². The van der Waals surface area contributed by atoms with Crippen molar-refractivity contribution in [2.45, 2.75) is 474 Å². The number of carbonyl (C=O) groups excluding carboxylic acids is 12. The molecule has 0 aromatic rings. The maximum Gasteiger partial charge on any atom is 1.00 e. The van der Waals surface area contributed by atoms with Crippen molar-refractivity contribution < 1.29 is 122 Å². The van der Waals surface area contributed by atoms with Gasteiger partial charge in [0, 0.05) is 155 Å². The number of likely N-dealkylation sites (tertiary alicyclic amines) is 4. The summed E-state index contributed by atoms with van der Waals surface area (Å²) >= 11 is 1.96. The van der Waals surface area contributed by atoms with Crippen LogP contribution in [0.5, 0.6) is 0 Å². The average molecular weight is 2110 g/mol. The molecule has 3 radical (unpaired) electrons. The molecule has 11 N–H and O–H groups in total. The van der Waals surface area contributed by atoms with Crippen LogP contribution >= 0.6 is 22.6 Å². The third-order valence-electron chi connectivity index (χ3n) is 28.9. The topological polar surface area (TPSA) is 440 Å². The molecule has 6 aliphatic carbocycles. The van der Waals surface area contributed by atoms with Gasteiger partial charge in [0.05, 0.1) is 48.3 Å². The first-order valence-electron chi connectivity index (χ1n) is 53.7. The van der Waals surface area contributed by atoms with Crippen LogP contribution in [0.3, 0.4) is 0 Å². The number of nitrogens with zero attached hydrogens (tertiary/aromatic N) is 10. The van der Waals surface area contributed by atoms with E-state index >= 15 is 0 Å². The van der Waals surface area contributed by atoms with Crippen LogP contribution in [0, 0.1) is 0 Å². The van der Waals surface area contributed by atoms with Crippen LogP contribution in [0.2, 0.25) is 0 Å². The van der Waals surface area contributed by atoms with Gasteiger partial charge in [-0.3, -0.25) is 9.59 Å². The van der Waals surface area contributed by atoms with Crippen molar-refractivity contribution in [1.82, 2.24) is 75.6 Å². The number of nitrogens with one attached hydrogen (secondary N) is 5. The molecule has 40 heteroatoms. The summed E-state index contributed by atoms with van der Waals surface area (Å²) in [4.78, 5) is 166. The zero-order valence-electron chi connectivity index (χ0n) is 90.3. The Labute approximate surface area is 881 Å². The van der Waals surface area contributed by atoms with Crippen LogP contribution in [0.4, 0.5) is 38.4 Å². The Morgan fingerprint density at radius 1 is 0.383 bits per heavy atom. The Kier molecular flexibility index (Phi) is 52.6. The Bertz CT molecular complexity index is 3830. The molecule has 12 amide bonds. The van der Waals surface area contributed by atoms with Crippen molar-refractivity contribution in [3.05, 3.63) is 0 Å². The van der Waals surface area contributed by atoms with Crippen molar-refractivity contribution in [2.24, 2.45) is 17.2 Å². The molecule has 141 heavy (non-hydrogen) atoms. The Hall–Kier alpha value is -6.21. The van der Waals surface area contributed by atoms with Gasteiger partial charge in [-0.2, -0.15) is 0 Å². The van der Waals surface area contributed by atoms with Crippen LogP contribution in [0.25, 0.3) is 0 Å². The number of piperidine rings is 6. The molecule has 16 rings (SSSR count). The first-order chi connectivity index (χ1) is 66.7. The second-order valence-electron chi connectivity index (χ2n) is 44.1. The fraction of sp³-hybridized carbons (Fsp3) is 0.881. The molecule has 801 valence electrons. The molecule has 16 aliphatic rings. The predicted molar refractivity (Wildman–Crippen MR) is 549 cm³/mol. The number of alkyl halides is 1. The molecule has 10 heterocycles. The fourth-order valence-corrected chi connectivity index (χ4v) is 22.2. The zero-order chi connectivity index (χ0) is 104. The second-order valence-corrected chi connectivity index (χ2v) is 44.1. The SMILES string of the molecule is CC(=O)OOC(C)=O.CC(C)(C)OC(=O)N1CCC(=O)CC1.CC(C)(C)OC(=O)N1CCC(N2C(=O)NC3CCCC[C@H]32)CC1.CC(C)(C)OC(=O)N1CCC(N[C@@H]2CCCC[C@H]2N)CC1.CCN1C(=O)N(C2CCN(C(=O)OC(C)(C)C)CC2)[C@@H]2CCCCC21.CCN1C(=O)N(C2CCNCC2)[C@@H]2CCCCC21.N[C@@H]1CCCC[C@H]1N.O=C1NC2CCCC[C@H]2N1C1CCNCC1.[2H]CI.[B-]OC(C)=O.[Na+]. The standard InChI is InChI=1S/C19H33N3O3.C17H29N3O3.C16H31N3O2.C14H25N3O.C12H21N3O.C10H17NO3.C6H14N2.C4H6O4.C2H3BO2.CH3I.Na/c1-5-21-15-8-6-7-9-16(15)22(17(21)23)14-10-12-20(13-11-14)18(24)25-19(2,3)4;1-17(2,3)23-16(22)19-10-8-12(9-11-19)20-14-7-5-4-6-13(14)18-15(20)21;1-16(2,3)21-15(20)19-10-8-12(9-11-19)18-14-7-5-4-6-13(14)17;1-2-16-12-5-3-4-6-13(12)17(14(16)18)11-7-9-15-10-8-11;16-12-14-10-3-1-2-4-11(10)15(12)9-5-7-13-8-6-9;1-10(2,3)14-9(13)11-6-4-8(12)5-7-11;7-5-3-1-2-4-6(5)8;1-3(5)7-8-4(2)6;1-2(4)5-3;1-2;/h14-16H,5-13H2,1-4H3;12-14H,4-11H2,1-3H3,(H,18,21);12-14,18H,4-11,17H2,1-3H3;11-13,15H,2-10H2,1H3;9-11,13H,1-8H2,(H,14,16);4-7H2,1-3H3;5-6H,1-4,7-8H2;1-2H3;1H3;1H3;/q;;;;;;;;-1;;+1/t15?,16-;13?,14-;13-,14-;12?,13-;10?,11-;;5-,6-;;;;/m11111.1..../s1/i;;;;;;;;;1D;. The molecule has 4 unspecified atom stereocenters. The van der Waals surface area contributed by atoms with Gasteiger partial charge < -0.3 is 124 Å². The average Bonchev–Trinajstić information content (AvgIpc) is 1.38. The number of ether oxygens (including phenoxy) is 4. The third-order valence-corrected chi connectivity index (χ3v) is 28.9. The normalized spacial score (nSPS) is 27.3. The van der Waals surface area contributed by atoms with Crippen LogP contribution in [0.15, 0.2) is 0 Å². The first kappa shape index (κ1) is 122. The minimum Gasteiger partial charge on any atom is -0.793 e. The van der Waals surface area contributed by atoms with Gasteiger partial charge in [-0.25, -0.2) is 57.7 Å². The van der Waals surface area contributed by atoms with Crippen molar-refractivity contribution in [3.63, 3.8) is 0 Å². The smallest absolute Gasteiger partial charge is 0.793 e. The maximum atomic E-state index is 13.0. The molecule has 0 aromatic carbocycles. The number of hydrogen-bond donors (Lipinski definition) is 8. The summed E-state index contributed by atoms with van der Waals surface area (Å²) in [5.41, 5.74) is 15.7. The number of rotatable bonds is 8. The van der Waals surface area contributed by atoms with E-state index in [0.717, 1.165) is 175 Å². The van der Waals surface area contributed by atoms with Crippen LogP contribution < -0.4 is 73.3 Å². The van der Waals surface area contributed by atoms with Gasteiger partial charge in [0.1, 0.15) is 28.2 Å². The van der Waals surface area contributed by atoms with Crippen molar-refractivity contribution >= 4 is 103 Å². The van der Waals surface area contributed by atoms with Gasteiger partial charge in [-0.15, -0.1) is 0 Å². The molecular formula is C101H182BIN18NaO19. The second kappa shape index (κ2) is 60.9. The van der Waals surface area contributed by atoms with E-state index in [1.54, 1.807) is 14.7 Å². The van der Waals surface area contributed by atoms with Gasteiger partial charge in [-0.1, -0.05) is 99.6 Å². The summed E-state index contributed by atoms with van der Waals surface area (Å²) in [6, 6.07) is 7.51. The van der Waals surface area contributed by atoms with Crippen molar-refractivity contribution in [2.75, 3.05) is 96.5 Å². The number of hydrogen-bond acceptors (Lipinski definition) is 25. The van der Waals surface area contributed by atoms with Crippen molar-refractivity contribution in [1.29, 1.82) is 0 Å². The van der Waals surface area contributed by atoms with Gasteiger partial charge in [0.25, 0.3) is 0 Å². The molecule has 37 nitrogen and oxygen atoms in total. The number of Topliss-reactive ketones (excluding diaryl/α,β-unsaturated/α-hetero) is 1. The molecule has 16 fully saturated rings. The Morgan fingerprint density at radius 3 is 0.957 bits per heavy atom. The van der Waals surface area contributed by atoms with E-state index in [9.17, 15) is 57.5 Å². The summed E-state index contributed by atoms with van der Waals surface area (Å²) in [7, 11) is 4.32. The third kappa shape index (κ3) is 40.8. The molecule has 12 atom stereocenters. The molecule has 0 spiro atoms. The van der Waals surface area contributed by atoms with Crippen LogP contribution in [0.1, 0.15) is 350 Å². The number of ketones is 1. The van der Waals surface area contributed by atoms with Gasteiger partial charge in [0.15, 0.2) is 0 Å². The summed E-state index contributed by atoms with van der Waals surface area (Å²) < 4.78 is 31.3. The van der Waals surface area contributed by atoms with Crippen molar-refractivity contribution in [3.8, 4) is 0 Å². The van der Waals surface area contributed by atoms with E-state index in [1.807, 2.05) is 111 Å². The molecule has 10 saturated heterocycles. The number of halogens is 1. The number of nitrogens with two attached hydrogens (primary N) is 3. The number of urea groups is 4. The van der Waals surface area contributed by atoms with E-state index < -0.39 is 40.3 Å². The zero-order valence-corrected chi connectivity index (χ0v) is 93.5. The van der Waals surface area contributed by atoms with Crippen LogP contribution in [-0.2, 0) is 52.6 Å². The summed E-state index contributed by atoms with van der Waals surface area (Å²) in [6.45, 7) is 41.4. The Balaban J connectivity index is 0.000000250. The van der Waals surface area contributed by atoms with E-state index in [4.69, 9.17) is 37.5 Å². The molecule has 0 bridgehead atoms. The van der Waals surface area contributed by atoms with Gasteiger partial charge >= 0.3 is 90.0 Å². The fourth-order valence-electron chi connectivity index (χ4n) is 22.2. The van der Waals surface area contributed by atoms with E-state index in [-0.39, 0.29) is 102 Å². The largest absolute Gasteiger partial charge is 1.00 e. The maximum absolute atomic E-state index is 13.0. The Morgan fingerprint density at radius 2 is 0.652 bits per heavy atom. The predicted octanol–water partition coefficient (Wildman–Crippen LogP) is 10.8. The van der Waals surface area contributed by atoms with Crippen LogP contribution in [-0.4, -0.2) is 351 Å². The molecule has 6 saturated carbocycles. The molecule has 10 aliphatic heterocycles. The minimum atomic E-state index is -0.639. The van der Waals surface area contributed by atoms with Gasteiger partial charge in [0.2, 0.25) is 5.97 Å². The number of likely N-dealkylation sites (N-methyl/N-ethyl adjacent to an activating group) is 2. The van der Waals surface area contributed by atoms with E-state index in [1.165, 1.54) is 116 Å². The summed E-state index contributed by atoms with van der Waals surface area (Å²) in [5.74, 6) is -1.52. The van der Waals surface area contributed by atoms with E-state index in [2.05, 4.69) is 92.3 Å². The number of amides is 12. The first-order valence-corrected chi connectivity index (χ1v) is 54.5.